The van der Waals surface area contributed by atoms with Crippen LogP contribution in [0.25, 0.3) is 10.8 Å². The van der Waals surface area contributed by atoms with Crippen molar-refractivity contribution in [2.75, 3.05) is 6.54 Å². The third kappa shape index (κ3) is 2.35. The average molecular weight is 300 g/mol. The highest BCUT2D eigenvalue weighted by Gasteiger charge is 2.46. The monoisotopic (exact) mass is 300 g/mol. The zero-order chi connectivity index (χ0) is 15.2. The van der Waals surface area contributed by atoms with Crippen LogP contribution in [-0.4, -0.2) is 34.2 Å². The summed E-state index contributed by atoms with van der Waals surface area (Å²) < 4.78 is 7.41. The van der Waals surface area contributed by atoms with E-state index in [2.05, 4.69) is 5.32 Å². The minimum absolute atomic E-state index is 0.0508. The second-order valence-corrected chi connectivity index (χ2v) is 6.35. The molecule has 0 saturated carbocycles. The molecule has 0 aliphatic carbocycles. The lowest BCUT2D eigenvalue weighted by Crippen LogP contribution is -2.41. The minimum Gasteiger partial charge on any atom is -0.364 e. The van der Waals surface area contributed by atoms with Gasteiger partial charge in [0.15, 0.2) is 5.79 Å². The molecule has 3 atom stereocenters. The van der Waals surface area contributed by atoms with Gasteiger partial charge in [-0.05, 0) is 36.9 Å². The van der Waals surface area contributed by atoms with Crippen molar-refractivity contribution in [1.82, 2.24) is 9.88 Å². The molecule has 2 fully saturated rings. The largest absolute Gasteiger partial charge is 0.364 e. The van der Waals surface area contributed by atoms with Crippen LogP contribution < -0.4 is 10.9 Å². The van der Waals surface area contributed by atoms with Gasteiger partial charge in [-0.15, -0.1) is 0 Å². The minimum atomic E-state index is -1.26. The van der Waals surface area contributed by atoms with Crippen LogP contribution in [0.5, 0.6) is 0 Å². The van der Waals surface area contributed by atoms with Gasteiger partial charge in [-0.25, -0.2) is 0 Å². The summed E-state index contributed by atoms with van der Waals surface area (Å²) in [4.78, 5) is 12.6. The number of rotatable bonds is 2. The Morgan fingerprint density at radius 3 is 3.09 bits per heavy atom. The number of nitrogens with one attached hydrogen (secondary N) is 1. The summed E-state index contributed by atoms with van der Waals surface area (Å²) in [7, 11) is 0. The van der Waals surface area contributed by atoms with Gasteiger partial charge in [-0.2, -0.15) is 0 Å². The van der Waals surface area contributed by atoms with E-state index in [-0.39, 0.29) is 24.2 Å². The quantitative estimate of drug-likeness (QED) is 0.876. The zero-order valence-corrected chi connectivity index (χ0v) is 12.4. The molecular weight excluding hydrogens is 280 g/mol. The Kier molecular flexibility index (Phi) is 3.29. The third-order valence-corrected chi connectivity index (χ3v) is 4.73. The molecule has 3 heterocycles. The fourth-order valence-corrected chi connectivity index (χ4v) is 3.66. The number of hydrogen-bond acceptors (Lipinski definition) is 4. The van der Waals surface area contributed by atoms with E-state index in [1.165, 1.54) is 0 Å². The lowest BCUT2D eigenvalue weighted by Gasteiger charge is -2.25. The van der Waals surface area contributed by atoms with Crippen LogP contribution in [-0.2, 0) is 11.3 Å². The Labute approximate surface area is 128 Å². The average Bonchev–Trinajstić information content (AvgIpc) is 2.86. The molecule has 2 aromatic rings. The van der Waals surface area contributed by atoms with Gasteiger partial charge in [-0.1, -0.05) is 18.2 Å². The topological polar surface area (TPSA) is 63.5 Å². The van der Waals surface area contributed by atoms with Crippen LogP contribution in [0.1, 0.15) is 19.3 Å². The summed E-state index contributed by atoms with van der Waals surface area (Å²) in [5, 5.41) is 15.7. The molecule has 1 aromatic carbocycles. The molecule has 5 heteroatoms. The molecule has 1 aromatic heterocycles. The van der Waals surface area contributed by atoms with E-state index in [1.807, 2.05) is 30.3 Å². The maximum absolute atomic E-state index is 12.6. The van der Waals surface area contributed by atoms with Gasteiger partial charge in [-0.3, -0.25) is 4.79 Å². The van der Waals surface area contributed by atoms with Crippen LogP contribution >= 0.6 is 0 Å². The van der Waals surface area contributed by atoms with Crippen molar-refractivity contribution in [2.24, 2.45) is 0 Å². The summed E-state index contributed by atoms with van der Waals surface area (Å²) in [5.74, 6) is -1.26. The number of aromatic nitrogens is 1. The van der Waals surface area contributed by atoms with Gasteiger partial charge in [0, 0.05) is 24.0 Å². The fraction of sp³-hybridized carbons (Fsp3) is 0.471. The molecule has 0 amide bonds. The van der Waals surface area contributed by atoms with E-state index in [9.17, 15) is 9.90 Å². The number of aliphatic hydroxyl groups is 1. The highest BCUT2D eigenvalue weighted by molar-refractivity contribution is 5.81. The van der Waals surface area contributed by atoms with E-state index in [1.54, 1.807) is 10.8 Å². The molecule has 0 radical (unpaired) electrons. The third-order valence-electron chi connectivity index (χ3n) is 4.73. The molecule has 2 aliphatic heterocycles. The molecule has 1 unspecified atom stereocenters. The van der Waals surface area contributed by atoms with Crippen molar-refractivity contribution in [3.8, 4) is 0 Å². The van der Waals surface area contributed by atoms with Gasteiger partial charge in [0.2, 0.25) is 0 Å². The van der Waals surface area contributed by atoms with Crippen LogP contribution in [0, 0.1) is 0 Å². The first-order valence-corrected chi connectivity index (χ1v) is 7.86. The van der Waals surface area contributed by atoms with Crippen LogP contribution in [0.4, 0.5) is 0 Å². The SMILES string of the molecule is O=c1c2ccccc2ccn1CC1(O)C[C@@H]2NCCC[C@@H]2O1. The van der Waals surface area contributed by atoms with Crippen molar-refractivity contribution >= 4 is 10.8 Å². The van der Waals surface area contributed by atoms with E-state index in [4.69, 9.17) is 4.74 Å². The Morgan fingerprint density at radius 2 is 2.23 bits per heavy atom. The maximum atomic E-state index is 12.6. The Hall–Kier alpha value is -1.69. The number of ether oxygens (including phenoxy) is 1. The molecule has 4 rings (SSSR count). The molecule has 116 valence electrons. The Bertz CT molecular complexity index is 741. The van der Waals surface area contributed by atoms with Crippen LogP contribution in [0.2, 0.25) is 0 Å². The number of nitrogens with zero attached hydrogens (tertiary/aromatic N) is 1. The van der Waals surface area contributed by atoms with Crippen LogP contribution in [0.15, 0.2) is 41.3 Å². The van der Waals surface area contributed by atoms with E-state index < -0.39 is 5.79 Å². The lowest BCUT2D eigenvalue weighted by molar-refractivity contribution is -0.202. The number of benzene rings is 1. The zero-order valence-electron chi connectivity index (χ0n) is 12.4. The number of fused-ring (bicyclic) bond motifs is 2. The molecule has 22 heavy (non-hydrogen) atoms. The van der Waals surface area contributed by atoms with E-state index in [0.717, 1.165) is 24.8 Å². The molecule has 0 bridgehead atoms. The van der Waals surface area contributed by atoms with E-state index in [0.29, 0.717) is 11.8 Å². The van der Waals surface area contributed by atoms with Crippen LogP contribution in [0.3, 0.4) is 0 Å². The first kappa shape index (κ1) is 13.9. The summed E-state index contributed by atoms with van der Waals surface area (Å²) in [6, 6.07) is 9.59. The van der Waals surface area contributed by atoms with Gasteiger partial charge >= 0.3 is 0 Å². The number of pyridine rings is 1. The van der Waals surface area contributed by atoms with E-state index >= 15 is 0 Å². The second-order valence-electron chi connectivity index (χ2n) is 6.35. The Balaban J connectivity index is 1.63. The molecular formula is C17H20N2O3. The summed E-state index contributed by atoms with van der Waals surface area (Å²) in [6.07, 6.45) is 4.34. The normalized spacial score (nSPS) is 31.3. The maximum Gasteiger partial charge on any atom is 0.258 e. The van der Waals surface area contributed by atoms with Gasteiger partial charge < -0.3 is 19.7 Å². The van der Waals surface area contributed by atoms with Gasteiger partial charge in [0.25, 0.3) is 5.56 Å². The van der Waals surface area contributed by atoms with Gasteiger partial charge in [0.1, 0.15) is 0 Å². The predicted molar refractivity (Wildman–Crippen MR) is 83.7 cm³/mol. The van der Waals surface area contributed by atoms with Gasteiger partial charge in [0.05, 0.1) is 12.6 Å². The Morgan fingerprint density at radius 1 is 1.36 bits per heavy atom. The molecule has 0 spiro atoms. The van der Waals surface area contributed by atoms with Crippen molar-refractivity contribution in [3.63, 3.8) is 0 Å². The fourth-order valence-electron chi connectivity index (χ4n) is 3.66. The van der Waals surface area contributed by atoms with Crippen molar-refractivity contribution in [3.05, 3.63) is 46.9 Å². The smallest absolute Gasteiger partial charge is 0.258 e. The standard InChI is InChI=1S/C17H20N2O3/c20-16-13-5-2-1-4-12(13)7-9-19(16)11-17(21)10-14-15(22-17)6-3-8-18-14/h1-2,4-5,7,9,14-15,18,21H,3,6,8,10-11H2/t14-,15-,17?/m0/s1. The number of hydrogen-bond donors (Lipinski definition) is 2. The summed E-state index contributed by atoms with van der Waals surface area (Å²) in [6.45, 7) is 1.14. The molecule has 2 aliphatic rings. The first-order chi connectivity index (χ1) is 10.6. The lowest BCUT2D eigenvalue weighted by atomic mass is 9.99. The first-order valence-electron chi connectivity index (χ1n) is 7.86. The number of piperidine rings is 1. The molecule has 5 nitrogen and oxygen atoms in total. The molecule has 2 N–H and O–H groups in total. The summed E-state index contributed by atoms with van der Waals surface area (Å²) in [5.41, 5.74) is -0.0852. The predicted octanol–water partition coefficient (Wildman–Crippen LogP) is 1.23. The van der Waals surface area contributed by atoms with Crippen molar-refractivity contribution in [2.45, 2.75) is 43.7 Å². The second kappa shape index (κ2) is 5.19. The van der Waals surface area contributed by atoms with Crippen molar-refractivity contribution < 1.29 is 9.84 Å². The molecule has 2 saturated heterocycles. The summed E-state index contributed by atoms with van der Waals surface area (Å²) >= 11 is 0. The van der Waals surface area contributed by atoms with Crippen molar-refractivity contribution in [1.29, 1.82) is 0 Å². The highest BCUT2D eigenvalue weighted by Crippen LogP contribution is 2.33. The highest BCUT2D eigenvalue weighted by atomic mass is 16.6.